The van der Waals surface area contributed by atoms with Crippen LogP contribution in [0.3, 0.4) is 0 Å². The Morgan fingerprint density at radius 3 is 2.50 bits per heavy atom. The largest absolute Gasteiger partial charge is 0.433 e. The Morgan fingerprint density at radius 1 is 1.14 bits per heavy atom. The average molecular weight is 421 g/mol. The van der Waals surface area contributed by atoms with Crippen LogP contribution in [0.4, 0.5) is 14.5 Å². The van der Waals surface area contributed by atoms with Gasteiger partial charge in [0.1, 0.15) is 17.2 Å². The van der Waals surface area contributed by atoms with Crippen LogP contribution in [-0.4, -0.2) is 34.3 Å². The van der Waals surface area contributed by atoms with Gasteiger partial charge in [0.2, 0.25) is 0 Å². The molecule has 1 amide bonds. The molecule has 28 heavy (non-hydrogen) atoms. The molecule has 2 aliphatic heterocycles. The minimum absolute atomic E-state index is 0.0583. The van der Waals surface area contributed by atoms with E-state index in [2.05, 4.69) is 4.74 Å². The van der Waals surface area contributed by atoms with Gasteiger partial charge in [-0.2, -0.15) is 8.78 Å². The summed E-state index contributed by atoms with van der Waals surface area (Å²) in [6.45, 7) is 0.858. The van der Waals surface area contributed by atoms with Crippen LogP contribution in [-0.2, 0) is 4.79 Å². The third-order valence-electron chi connectivity index (χ3n) is 4.85. The number of thioether (sulfide) groups is 1. The number of aryl methyl sites for hydroxylation is 2. The van der Waals surface area contributed by atoms with Gasteiger partial charge in [-0.3, -0.25) is 9.69 Å². The van der Waals surface area contributed by atoms with E-state index in [1.807, 2.05) is 43.0 Å². The average Bonchev–Trinajstić information content (AvgIpc) is 3.18. The van der Waals surface area contributed by atoms with E-state index in [0.29, 0.717) is 10.9 Å². The third-order valence-corrected chi connectivity index (χ3v) is 6.57. The number of rotatable bonds is 4. The fourth-order valence-corrected chi connectivity index (χ4v) is 5.41. The maximum absolute atomic E-state index is 13.1. The van der Waals surface area contributed by atoms with Crippen molar-refractivity contribution in [2.24, 2.45) is 0 Å². The summed E-state index contributed by atoms with van der Waals surface area (Å²) >= 11 is 7.29. The predicted octanol–water partition coefficient (Wildman–Crippen LogP) is 4.65. The summed E-state index contributed by atoms with van der Waals surface area (Å²) in [5.74, 6) is 0.319. The summed E-state index contributed by atoms with van der Waals surface area (Å²) in [6.07, 6.45) is 0. The first-order valence-electron chi connectivity index (χ1n) is 8.76. The molecule has 0 aromatic heterocycles. The number of amides is 1. The molecular formula is C20H18F2N2O2S2. The fraction of sp³-hybridized carbons (Fsp3) is 0.300. The van der Waals surface area contributed by atoms with Crippen LogP contribution in [0.15, 0.2) is 42.5 Å². The number of benzene rings is 2. The SMILES string of the molecule is Cc1ccc(C2SCC3C(=O)N(c4cc(C)ccc4OC(F)F)C(=S)N32)cc1. The zero-order valence-corrected chi connectivity index (χ0v) is 16.9. The summed E-state index contributed by atoms with van der Waals surface area (Å²) in [7, 11) is 0. The van der Waals surface area contributed by atoms with Gasteiger partial charge in [-0.05, 0) is 49.3 Å². The second-order valence-corrected chi connectivity index (χ2v) is 8.30. The molecule has 2 saturated heterocycles. The number of carbonyl (C=O) groups excluding carboxylic acids is 1. The number of hydrogen-bond donors (Lipinski definition) is 0. The van der Waals surface area contributed by atoms with Crippen molar-refractivity contribution < 1.29 is 18.3 Å². The van der Waals surface area contributed by atoms with E-state index in [0.717, 1.165) is 16.7 Å². The third kappa shape index (κ3) is 3.24. The van der Waals surface area contributed by atoms with Gasteiger partial charge in [0, 0.05) is 5.75 Å². The van der Waals surface area contributed by atoms with Crippen LogP contribution in [0.1, 0.15) is 22.1 Å². The molecule has 0 N–H and O–H groups in total. The highest BCUT2D eigenvalue weighted by atomic mass is 32.2. The normalized spacial score (nSPS) is 21.6. The highest BCUT2D eigenvalue weighted by molar-refractivity contribution is 7.99. The topological polar surface area (TPSA) is 32.8 Å². The van der Waals surface area contributed by atoms with Crippen molar-refractivity contribution in [2.45, 2.75) is 31.9 Å². The second-order valence-electron chi connectivity index (χ2n) is 6.83. The summed E-state index contributed by atoms with van der Waals surface area (Å²) in [5, 5.41) is 0.228. The van der Waals surface area contributed by atoms with E-state index in [1.54, 1.807) is 23.9 Å². The lowest BCUT2D eigenvalue weighted by atomic mass is 10.1. The van der Waals surface area contributed by atoms with Gasteiger partial charge in [-0.15, -0.1) is 11.8 Å². The molecule has 2 aromatic rings. The molecule has 4 nitrogen and oxygen atoms in total. The second kappa shape index (κ2) is 7.33. The van der Waals surface area contributed by atoms with E-state index in [4.69, 9.17) is 12.2 Å². The molecule has 2 fully saturated rings. The van der Waals surface area contributed by atoms with Crippen molar-refractivity contribution in [3.05, 3.63) is 59.2 Å². The van der Waals surface area contributed by atoms with Crippen molar-refractivity contribution in [1.29, 1.82) is 0 Å². The molecule has 0 radical (unpaired) electrons. The zero-order valence-electron chi connectivity index (χ0n) is 15.3. The van der Waals surface area contributed by atoms with Crippen LogP contribution in [0.25, 0.3) is 0 Å². The Bertz CT molecular complexity index is 936. The van der Waals surface area contributed by atoms with Crippen molar-refractivity contribution in [1.82, 2.24) is 4.90 Å². The Morgan fingerprint density at radius 2 is 1.82 bits per heavy atom. The van der Waals surface area contributed by atoms with Gasteiger partial charge in [0.25, 0.3) is 5.91 Å². The van der Waals surface area contributed by atoms with E-state index >= 15 is 0 Å². The number of hydrogen-bond acceptors (Lipinski definition) is 4. The minimum atomic E-state index is -2.98. The van der Waals surface area contributed by atoms with Crippen LogP contribution < -0.4 is 9.64 Å². The molecule has 2 unspecified atom stereocenters. The Kier molecular flexibility index (Phi) is 5.01. The number of anilines is 1. The van der Waals surface area contributed by atoms with Gasteiger partial charge < -0.3 is 9.64 Å². The number of thiocarbonyl (C=S) groups is 1. The molecule has 0 spiro atoms. The van der Waals surface area contributed by atoms with Gasteiger partial charge in [-0.25, -0.2) is 0 Å². The monoisotopic (exact) mass is 420 g/mol. The molecule has 4 rings (SSSR count). The van der Waals surface area contributed by atoms with Gasteiger partial charge in [0.15, 0.2) is 5.11 Å². The number of halogens is 2. The first kappa shape index (κ1) is 19.1. The molecule has 2 heterocycles. The molecule has 2 aliphatic rings. The standard InChI is InChI=1S/C20H18F2N2O2S2/c1-11-3-6-13(7-4-11)18-24-15(10-28-18)17(25)23(20(24)27)14-9-12(2)5-8-16(14)26-19(21)22/h3-9,15,18-19H,10H2,1-2H3. The van der Waals surface area contributed by atoms with Crippen LogP contribution in [0.5, 0.6) is 5.75 Å². The molecule has 0 aliphatic carbocycles. The molecular weight excluding hydrogens is 402 g/mol. The number of nitrogens with zero attached hydrogens (tertiary/aromatic N) is 2. The maximum atomic E-state index is 13.1. The summed E-state index contributed by atoms with van der Waals surface area (Å²) in [6, 6.07) is 12.5. The Balaban J connectivity index is 1.71. The predicted molar refractivity (Wildman–Crippen MR) is 110 cm³/mol. The molecule has 146 valence electrons. The zero-order chi connectivity index (χ0) is 20.0. The lowest BCUT2D eigenvalue weighted by Gasteiger charge is -2.26. The van der Waals surface area contributed by atoms with Crippen LogP contribution in [0.2, 0.25) is 0 Å². The Hall–Kier alpha value is -2.19. The molecule has 2 atom stereocenters. The van der Waals surface area contributed by atoms with Crippen molar-refractivity contribution in [3.63, 3.8) is 0 Å². The van der Waals surface area contributed by atoms with Crippen molar-refractivity contribution in [2.75, 3.05) is 10.7 Å². The van der Waals surface area contributed by atoms with Crippen molar-refractivity contribution >= 4 is 40.7 Å². The van der Waals surface area contributed by atoms with Crippen LogP contribution in [0, 0.1) is 13.8 Å². The van der Waals surface area contributed by atoms with E-state index in [-0.39, 0.29) is 22.7 Å². The molecule has 0 bridgehead atoms. The Labute approximate surface area is 171 Å². The number of alkyl halides is 2. The highest BCUT2D eigenvalue weighted by Gasteiger charge is 2.51. The van der Waals surface area contributed by atoms with E-state index in [9.17, 15) is 13.6 Å². The minimum Gasteiger partial charge on any atom is -0.433 e. The number of fused-ring (bicyclic) bond motifs is 1. The van der Waals surface area contributed by atoms with Crippen LogP contribution >= 0.6 is 24.0 Å². The van der Waals surface area contributed by atoms with Gasteiger partial charge in [0.05, 0.1) is 5.69 Å². The first-order chi connectivity index (χ1) is 13.4. The van der Waals surface area contributed by atoms with Gasteiger partial charge >= 0.3 is 6.61 Å². The number of carbonyl (C=O) groups is 1. The highest BCUT2D eigenvalue weighted by Crippen LogP contribution is 2.47. The fourth-order valence-electron chi connectivity index (χ4n) is 3.50. The van der Waals surface area contributed by atoms with E-state index < -0.39 is 12.7 Å². The summed E-state index contributed by atoms with van der Waals surface area (Å²) in [4.78, 5) is 16.4. The molecule has 2 aromatic carbocycles. The first-order valence-corrected chi connectivity index (χ1v) is 10.2. The molecule has 0 saturated carbocycles. The molecule has 8 heteroatoms. The lowest BCUT2D eigenvalue weighted by molar-refractivity contribution is -0.119. The smallest absolute Gasteiger partial charge is 0.387 e. The quantitative estimate of drug-likeness (QED) is 0.673. The summed E-state index contributed by atoms with van der Waals surface area (Å²) < 4.78 is 30.4. The van der Waals surface area contributed by atoms with Gasteiger partial charge in [-0.1, -0.05) is 35.9 Å². The number of ether oxygens (including phenoxy) is 1. The van der Waals surface area contributed by atoms with E-state index in [1.165, 1.54) is 11.0 Å². The summed E-state index contributed by atoms with van der Waals surface area (Å²) in [5.41, 5.74) is 3.29. The lowest BCUT2D eigenvalue weighted by Crippen LogP contribution is -2.34. The van der Waals surface area contributed by atoms with Crippen molar-refractivity contribution in [3.8, 4) is 5.75 Å². The maximum Gasteiger partial charge on any atom is 0.387 e.